The second-order valence-electron chi connectivity index (χ2n) is 9.44. The zero-order chi connectivity index (χ0) is 26.2. The topological polar surface area (TPSA) is 157 Å². The van der Waals surface area contributed by atoms with Crippen molar-refractivity contribution in [2.75, 3.05) is 30.4 Å². The van der Waals surface area contributed by atoms with Crippen LogP contribution < -0.4 is 32.2 Å². The average Bonchev–Trinajstić information content (AvgIpc) is 3.43. The number of carbonyl (C=O) groups excluding carboxylic acids is 2. The number of rotatable bonds is 13. The van der Waals surface area contributed by atoms with E-state index in [1.165, 1.54) is 0 Å². The largest absolute Gasteiger partial charge is 0.494 e. The molecule has 1 aromatic heterocycles. The van der Waals surface area contributed by atoms with Gasteiger partial charge in [0.1, 0.15) is 11.6 Å². The van der Waals surface area contributed by atoms with Crippen LogP contribution in [-0.2, 0) is 11.2 Å². The van der Waals surface area contributed by atoms with Gasteiger partial charge in [-0.2, -0.15) is 16.7 Å². The van der Waals surface area contributed by atoms with Crippen molar-refractivity contribution in [1.82, 2.24) is 25.9 Å². The summed E-state index contributed by atoms with van der Waals surface area (Å²) in [6.07, 6.45) is 5.85. The van der Waals surface area contributed by atoms with Gasteiger partial charge < -0.3 is 32.2 Å². The van der Waals surface area contributed by atoms with E-state index in [0.29, 0.717) is 37.1 Å². The smallest absolute Gasteiger partial charge is 0.315 e. The van der Waals surface area contributed by atoms with Gasteiger partial charge in [-0.3, -0.25) is 4.79 Å². The van der Waals surface area contributed by atoms with Gasteiger partial charge in [0, 0.05) is 29.5 Å². The lowest BCUT2D eigenvalue weighted by Crippen LogP contribution is -2.36. The van der Waals surface area contributed by atoms with Crippen molar-refractivity contribution in [3.8, 4) is 16.9 Å². The second kappa shape index (κ2) is 12.8. The molecule has 2 aliphatic heterocycles. The highest BCUT2D eigenvalue weighted by molar-refractivity contribution is 8.00. The van der Waals surface area contributed by atoms with E-state index in [1.54, 1.807) is 0 Å². The number of hydrogen-bond donors (Lipinski definition) is 5. The molecule has 10 nitrogen and oxygen atoms in total. The van der Waals surface area contributed by atoms with Crippen molar-refractivity contribution < 1.29 is 14.3 Å². The van der Waals surface area contributed by atoms with Gasteiger partial charge in [0.2, 0.25) is 11.9 Å². The molecular weight excluding hydrogens is 490 g/mol. The number of nitrogens with two attached hydrogens (primary N) is 2. The second-order valence-corrected chi connectivity index (χ2v) is 10.7. The predicted molar refractivity (Wildman–Crippen MR) is 147 cm³/mol. The molecule has 2 saturated heterocycles. The highest BCUT2D eigenvalue weighted by atomic mass is 32.2. The number of benzene rings is 1. The van der Waals surface area contributed by atoms with Gasteiger partial charge in [0.15, 0.2) is 0 Å². The molecule has 2 aromatic rings. The molecule has 200 valence electrons. The predicted octanol–water partition coefficient (Wildman–Crippen LogP) is 2.87. The number of aromatic nitrogens is 2. The van der Waals surface area contributed by atoms with Crippen LogP contribution in [0.1, 0.15) is 51.1 Å². The van der Waals surface area contributed by atoms with Crippen LogP contribution in [0, 0.1) is 0 Å². The molecule has 1 aromatic carbocycles. The summed E-state index contributed by atoms with van der Waals surface area (Å²) in [5.41, 5.74) is 14.4. The Morgan fingerprint density at radius 1 is 1.14 bits per heavy atom. The molecule has 0 unspecified atom stereocenters. The highest BCUT2D eigenvalue weighted by Crippen LogP contribution is 2.33. The fourth-order valence-electron chi connectivity index (χ4n) is 4.84. The summed E-state index contributed by atoms with van der Waals surface area (Å²) in [5, 5.41) is 9.42. The first-order valence-corrected chi connectivity index (χ1v) is 14.1. The number of hydrogen-bond acceptors (Lipinski definition) is 8. The molecule has 2 aliphatic rings. The zero-order valence-corrected chi connectivity index (χ0v) is 22.1. The molecule has 3 amide bonds. The Morgan fingerprint density at radius 2 is 1.95 bits per heavy atom. The molecule has 7 N–H and O–H groups in total. The average molecular weight is 528 g/mol. The Bertz CT molecular complexity index is 1080. The Kier molecular flexibility index (Phi) is 9.32. The van der Waals surface area contributed by atoms with Crippen molar-refractivity contribution in [2.45, 2.75) is 69.2 Å². The normalized spacial score (nSPS) is 20.2. The molecule has 0 saturated carbocycles. The summed E-state index contributed by atoms with van der Waals surface area (Å²) >= 11 is 1.91. The van der Waals surface area contributed by atoms with Crippen molar-refractivity contribution in [3.05, 3.63) is 30.0 Å². The number of nitrogen functional groups attached to an aromatic ring is 2. The molecule has 4 rings (SSSR count). The van der Waals surface area contributed by atoms with Gasteiger partial charge in [0.05, 0.1) is 24.4 Å². The fourth-order valence-corrected chi connectivity index (χ4v) is 6.39. The number of carbonyl (C=O) groups is 2. The minimum atomic E-state index is -0.0518. The van der Waals surface area contributed by atoms with Crippen LogP contribution in [0.4, 0.5) is 16.6 Å². The number of nitrogens with zero attached hydrogens (tertiary/aromatic N) is 2. The van der Waals surface area contributed by atoms with Crippen molar-refractivity contribution in [2.24, 2.45) is 0 Å². The van der Waals surface area contributed by atoms with E-state index in [1.807, 2.05) is 43.0 Å². The number of ether oxygens (including phenoxy) is 1. The number of aryl methyl sites for hydroxylation is 1. The third-order valence-corrected chi connectivity index (χ3v) is 8.26. The van der Waals surface area contributed by atoms with Gasteiger partial charge in [-0.1, -0.05) is 25.5 Å². The van der Waals surface area contributed by atoms with Crippen LogP contribution in [0.5, 0.6) is 5.75 Å². The molecule has 0 radical (unpaired) electrons. The number of fused-ring (bicyclic) bond motifs is 1. The summed E-state index contributed by atoms with van der Waals surface area (Å²) < 4.78 is 5.85. The molecule has 2 fully saturated rings. The maximum atomic E-state index is 12.1. The first kappa shape index (κ1) is 26.8. The molecule has 0 aliphatic carbocycles. The minimum absolute atomic E-state index is 0.0518. The molecule has 37 heavy (non-hydrogen) atoms. The summed E-state index contributed by atoms with van der Waals surface area (Å²) in [5.74, 6) is 2.41. The minimum Gasteiger partial charge on any atom is -0.494 e. The lowest BCUT2D eigenvalue weighted by molar-refractivity contribution is -0.121. The van der Waals surface area contributed by atoms with E-state index >= 15 is 0 Å². The van der Waals surface area contributed by atoms with Crippen LogP contribution in [0.3, 0.4) is 0 Å². The standard InChI is InChI=1S/C26H37N7O3S/c1-2-18-22(24(27)33-25(28)30-18)16-9-11-17(12-10-16)36-14-6-5-13-29-21(34)8-4-3-7-20-23-19(15-37-20)31-26(35)32-23/h9-12,19-20,23H,2-8,13-15H2,1H3,(H,29,34)(H2,31,32,35)(H4,27,28,30,33)/t19-,20-,23-/m0/s1. The maximum absolute atomic E-state index is 12.1. The van der Waals surface area contributed by atoms with Crippen LogP contribution in [0.15, 0.2) is 24.3 Å². The molecule has 3 heterocycles. The number of amides is 3. The van der Waals surface area contributed by atoms with Gasteiger partial charge in [0.25, 0.3) is 0 Å². The quantitative estimate of drug-likeness (QED) is 0.197. The molecular formula is C26H37N7O3S. The molecule has 11 heteroatoms. The summed E-state index contributed by atoms with van der Waals surface area (Å²) in [6.45, 7) is 3.23. The molecule has 0 bridgehead atoms. The summed E-state index contributed by atoms with van der Waals surface area (Å²) in [6, 6.07) is 8.16. The molecule has 3 atom stereocenters. The SMILES string of the molecule is CCc1nc(N)nc(N)c1-c1ccc(OCCCCNC(=O)CCCC[C@@H]2SC[C@@H]3NC(=O)N[C@@H]32)cc1. The number of thioether (sulfide) groups is 1. The van der Waals surface area contributed by atoms with Gasteiger partial charge in [-0.15, -0.1) is 0 Å². The lowest BCUT2D eigenvalue weighted by Gasteiger charge is -2.16. The molecule has 0 spiro atoms. The lowest BCUT2D eigenvalue weighted by atomic mass is 10.0. The zero-order valence-electron chi connectivity index (χ0n) is 21.3. The third kappa shape index (κ3) is 7.18. The van der Waals surface area contributed by atoms with E-state index in [2.05, 4.69) is 25.9 Å². The van der Waals surface area contributed by atoms with Gasteiger partial charge in [-0.25, -0.2) is 9.78 Å². The third-order valence-electron chi connectivity index (χ3n) is 6.75. The Hall–Kier alpha value is -3.21. The first-order chi connectivity index (χ1) is 17.9. The number of anilines is 2. The number of urea groups is 1. The van der Waals surface area contributed by atoms with E-state index in [9.17, 15) is 9.59 Å². The van der Waals surface area contributed by atoms with Gasteiger partial charge >= 0.3 is 6.03 Å². The van der Waals surface area contributed by atoms with Crippen LogP contribution in [0.2, 0.25) is 0 Å². The first-order valence-electron chi connectivity index (χ1n) is 13.0. The highest BCUT2D eigenvalue weighted by Gasteiger charge is 2.42. The summed E-state index contributed by atoms with van der Waals surface area (Å²) in [7, 11) is 0. The van der Waals surface area contributed by atoms with E-state index in [4.69, 9.17) is 16.2 Å². The van der Waals surface area contributed by atoms with Crippen molar-refractivity contribution >= 4 is 35.5 Å². The fraction of sp³-hybridized carbons (Fsp3) is 0.538. The maximum Gasteiger partial charge on any atom is 0.315 e. The monoisotopic (exact) mass is 527 g/mol. The van der Waals surface area contributed by atoms with Crippen molar-refractivity contribution in [3.63, 3.8) is 0 Å². The van der Waals surface area contributed by atoms with Crippen LogP contribution >= 0.6 is 11.8 Å². The van der Waals surface area contributed by atoms with E-state index in [-0.39, 0.29) is 30.0 Å². The van der Waals surface area contributed by atoms with E-state index in [0.717, 1.165) is 60.4 Å². The Morgan fingerprint density at radius 3 is 2.73 bits per heavy atom. The van der Waals surface area contributed by atoms with Crippen LogP contribution in [0.25, 0.3) is 11.1 Å². The van der Waals surface area contributed by atoms with Crippen molar-refractivity contribution in [1.29, 1.82) is 0 Å². The summed E-state index contributed by atoms with van der Waals surface area (Å²) in [4.78, 5) is 32.0. The van der Waals surface area contributed by atoms with Gasteiger partial charge in [-0.05, 0) is 49.8 Å². The number of unbranched alkanes of at least 4 members (excludes halogenated alkanes) is 2. The number of nitrogens with one attached hydrogen (secondary N) is 3. The van der Waals surface area contributed by atoms with E-state index < -0.39 is 0 Å². The Labute approximate surface area is 222 Å². The van der Waals surface area contributed by atoms with Crippen LogP contribution in [-0.4, -0.2) is 58.1 Å². The Balaban J connectivity index is 1.07.